The van der Waals surface area contributed by atoms with Gasteiger partial charge in [-0.25, -0.2) is 0 Å². The number of halogens is 2. The van der Waals surface area contributed by atoms with Crippen LogP contribution in [0.25, 0.3) is 0 Å². The summed E-state index contributed by atoms with van der Waals surface area (Å²) in [4.78, 5) is 13.6. The molecule has 1 atom stereocenters. The highest BCUT2D eigenvalue weighted by atomic mass is 35.5. The minimum Gasteiger partial charge on any atom is -0.440 e. The Hall–Kier alpha value is -0.710. The van der Waals surface area contributed by atoms with Crippen molar-refractivity contribution in [1.82, 2.24) is 10.2 Å². The molecule has 1 amide bonds. The van der Waals surface area contributed by atoms with E-state index in [0.717, 1.165) is 19.5 Å². The van der Waals surface area contributed by atoms with E-state index in [9.17, 15) is 4.79 Å². The summed E-state index contributed by atoms with van der Waals surface area (Å²) in [7, 11) is 1.79. The van der Waals surface area contributed by atoms with Crippen LogP contribution in [-0.2, 0) is 0 Å². The summed E-state index contributed by atoms with van der Waals surface area (Å²) in [6, 6.07) is 3.43. The van der Waals surface area contributed by atoms with Gasteiger partial charge in [0.15, 0.2) is 11.0 Å². The zero-order valence-corrected chi connectivity index (χ0v) is 10.5. The van der Waals surface area contributed by atoms with Gasteiger partial charge in [0.2, 0.25) is 0 Å². The minimum atomic E-state index is -0.115. The molecule has 0 spiro atoms. The Kier molecular flexibility index (Phi) is 4.65. The van der Waals surface area contributed by atoms with E-state index >= 15 is 0 Å². The Morgan fingerprint density at radius 1 is 1.62 bits per heavy atom. The molecule has 1 aromatic rings. The van der Waals surface area contributed by atoms with Crippen LogP contribution in [0.3, 0.4) is 0 Å². The Bertz CT molecular complexity index is 361. The van der Waals surface area contributed by atoms with E-state index in [4.69, 9.17) is 16.0 Å². The van der Waals surface area contributed by atoms with Gasteiger partial charge in [-0.1, -0.05) is 0 Å². The molecular formula is C10H14Cl2N2O2. The van der Waals surface area contributed by atoms with Crippen molar-refractivity contribution >= 4 is 29.9 Å². The van der Waals surface area contributed by atoms with Crippen LogP contribution in [0.4, 0.5) is 0 Å². The Morgan fingerprint density at radius 3 is 2.88 bits per heavy atom. The van der Waals surface area contributed by atoms with Crippen molar-refractivity contribution < 1.29 is 9.21 Å². The molecule has 6 heteroatoms. The second-order valence-electron chi connectivity index (χ2n) is 3.67. The molecule has 0 aliphatic carbocycles. The average molecular weight is 265 g/mol. The molecule has 0 aromatic carbocycles. The van der Waals surface area contributed by atoms with Gasteiger partial charge in [0, 0.05) is 19.6 Å². The molecule has 1 fully saturated rings. The zero-order valence-electron chi connectivity index (χ0n) is 8.90. The maximum absolute atomic E-state index is 11.9. The fourth-order valence-corrected chi connectivity index (χ4v) is 1.88. The number of carbonyl (C=O) groups is 1. The van der Waals surface area contributed by atoms with E-state index in [0.29, 0.717) is 5.76 Å². The number of furan rings is 1. The third kappa shape index (κ3) is 2.70. The summed E-state index contributed by atoms with van der Waals surface area (Å²) in [6.45, 7) is 1.80. The molecular weight excluding hydrogens is 251 g/mol. The monoisotopic (exact) mass is 264 g/mol. The van der Waals surface area contributed by atoms with E-state index in [1.807, 2.05) is 0 Å². The van der Waals surface area contributed by atoms with Crippen molar-refractivity contribution in [3.05, 3.63) is 23.1 Å². The molecule has 1 aliphatic rings. The van der Waals surface area contributed by atoms with Crippen molar-refractivity contribution in [3.8, 4) is 0 Å². The Labute approximate surface area is 105 Å². The molecule has 1 N–H and O–H groups in total. The molecule has 2 rings (SSSR count). The van der Waals surface area contributed by atoms with Crippen molar-refractivity contribution in [2.75, 3.05) is 20.1 Å². The lowest BCUT2D eigenvalue weighted by atomic mass is 10.2. The number of carbonyl (C=O) groups excluding carboxylic acids is 1. The van der Waals surface area contributed by atoms with Crippen LogP contribution in [0, 0.1) is 0 Å². The van der Waals surface area contributed by atoms with E-state index < -0.39 is 0 Å². The molecule has 4 nitrogen and oxygen atoms in total. The SMILES string of the molecule is CN(C(=O)c1ccc(Cl)o1)C1CCNC1.Cl. The van der Waals surface area contributed by atoms with E-state index in [2.05, 4.69) is 5.32 Å². The number of hydrogen-bond acceptors (Lipinski definition) is 3. The summed E-state index contributed by atoms with van der Waals surface area (Å²) in [6.07, 6.45) is 0.983. The van der Waals surface area contributed by atoms with Gasteiger partial charge >= 0.3 is 0 Å². The lowest BCUT2D eigenvalue weighted by Crippen LogP contribution is -2.38. The van der Waals surface area contributed by atoms with E-state index in [-0.39, 0.29) is 29.6 Å². The molecule has 2 heterocycles. The van der Waals surface area contributed by atoms with Crippen molar-refractivity contribution in [2.45, 2.75) is 12.5 Å². The second kappa shape index (κ2) is 5.57. The third-order valence-electron chi connectivity index (χ3n) is 2.69. The first-order chi connectivity index (χ1) is 7.18. The number of nitrogens with zero attached hydrogens (tertiary/aromatic N) is 1. The fraction of sp³-hybridized carbons (Fsp3) is 0.500. The number of rotatable bonds is 2. The number of amides is 1. The maximum atomic E-state index is 11.9. The normalized spacial score (nSPS) is 19.2. The molecule has 0 saturated carbocycles. The van der Waals surface area contributed by atoms with Gasteiger partial charge in [-0.05, 0) is 36.7 Å². The van der Waals surface area contributed by atoms with E-state index in [1.165, 1.54) is 0 Å². The van der Waals surface area contributed by atoms with Gasteiger partial charge in [0.05, 0.1) is 0 Å². The number of nitrogens with one attached hydrogen (secondary N) is 1. The molecule has 1 unspecified atom stereocenters. The maximum Gasteiger partial charge on any atom is 0.289 e. The first-order valence-corrected chi connectivity index (χ1v) is 5.29. The van der Waals surface area contributed by atoms with Gasteiger partial charge in [0.1, 0.15) is 0 Å². The Balaban J connectivity index is 0.00000128. The van der Waals surface area contributed by atoms with Gasteiger partial charge in [-0.2, -0.15) is 0 Å². The molecule has 0 radical (unpaired) electrons. The lowest BCUT2D eigenvalue weighted by molar-refractivity contribution is 0.0712. The molecule has 1 aromatic heterocycles. The van der Waals surface area contributed by atoms with Crippen LogP contribution >= 0.6 is 24.0 Å². The standard InChI is InChI=1S/C10H13ClN2O2.ClH/c1-13(7-4-5-12-6-7)10(14)8-2-3-9(11)15-8;/h2-3,7,12H,4-6H2,1H3;1H. The molecule has 16 heavy (non-hydrogen) atoms. The van der Waals surface area contributed by atoms with Crippen LogP contribution in [-0.4, -0.2) is 37.0 Å². The molecule has 0 bridgehead atoms. The highest BCUT2D eigenvalue weighted by Crippen LogP contribution is 2.16. The minimum absolute atomic E-state index is 0. The number of likely N-dealkylation sites (N-methyl/N-ethyl adjacent to an activating group) is 1. The van der Waals surface area contributed by atoms with Gasteiger partial charge in [0.25, 0.3) is 5.91 Å². The first-order valence-electron chi connectivity index (χ1n) is 4.91. The zero-order chi connectivity index (χ0) is 10.8. The summed E-state index contributed by atoms with van der Waals surface area (Å²) >= 11 is 5.62. The Morgan fingerprint density at radius 2 is 2.38 bits per heavy atom. The molecule has 1 aliphatic heterocycles. The van der Waals surface area contributed by atoms with Gasteiger partial charge in [-0.3, -0.25) is 4.79 Å². The third-order valence-corrected chi connectivity index (χ3v) is 2.89. The summed E-state index contributed by atoms with van der Waals surface area (Å²) in [5.74, 6) is 0.185. The van der Waals surface area contributed by atoms with Crippen molar-refractivity contribution in [2.24, 2.45) is 0 Å². The molecule has 1 saturated heterocycles. The van der Waals surface area contributed by atoms with Crippen LogP contribution in [0.5, 0.6) is 0 Å². The summed E-state index contributed by atoms with van der Waals surface area (Å²) < 4.78 is 5.08. The highest BCUT2D eigenvalue weighted by molar-refractivity contribution is 6.29. The predicted octanol–water partition coefficient (Wildman–Crippen LogP) is 1.79. The largest absolute Gasteiger partial charge is 0.440 e. The van der Waals surface area contributed by atoms with Crippen LogP contribution in [0.1, 0.15) is 17.0 Å². The average Bonchev–Trinajstić information content (AvgIpc) is 2.85. The lowest BCUT2D eigenvalue weighted by Gasteiger charge is -2.22. The topological polar surface area (TPSA) is 45.5 Å². The van der Waals surface area contributed by atoms with Crippen LogP contribution in [0.15, 0.2) is 16.5 Å². The van der Waals surface area contributed by atoms with Crippen LogP contribution < -0.4 is 5.32 Å². The van der Waals surface area contributed by atoms with Gasteiger partial charge < -0.3 is 14.6 Å². The number of hydrogen-bond donors (Lipinski definition) is 1. The predicted molar refractivity (Wildman–Crippen MR) is 64.3 cm³/mol. The fourth-order valence-electron chi connectivity index (χ4n) is 1.74. The molecule has 90 valence electrons. The smallest absolute Gasteiger partial charge is 0.289 e. The van der Waals surface area contributed by atoms with Gasteiger partial charge in [-0.15, -0.1) is 12.4 Å². The van der Waals surface area contributed by atoms with Crippen LogP contribution in [0.2, 0.25) is 5.22 Å². The van der Waals surface area contributed by atoms with Crippen molar-refractivity contribution in [1.29, 1.82) is 0 Å². The second-order valence-corrected chi connectivity index (χ2v) is 4.04. The van der Waals surface area contributed by atoms with Crippen molar-refractivity contribution in [3.63, 3.8) is 0 Å². The summed E-state index contributed by atoms with van der Waals surface area (Å²) in [5, 5.41) is 3.46. The van der Waals surface area contributed by atoms with E-state index in [1.54, 1.807) is 24.1 Å². The summed E-state index contributed by atoms with van der Waals surface area (Å²) in [5.41, 5.74) is 0. The quantitative estimate of drug-likeness (QED) is 0.886. The highest BCUT2D eigenvalue weighted by Gasteiger charge is 2.25. The first kappa shape index (κ1) is 13.4.